The monoisotopic (exact) mass is 215 g/mol. The molecule has 0 saturated carbocycles. The Labute approximate surface area is 84.3 Å². The Hall–Kier alpha value is -1.56. The molecule has 0 atom stereocenters. The number of carbonyl (C=O) groups is 2. The lowest BCUT2D eigenvalue weighted by atomic mass is 10.5. The normalized spacial score (nSPS) is 9.43. The largest absolute Gasteiger partial charge is 0.480 e. The summed E-state index contributed by atoms with van der Waals surface area (Å²) in [6.45, 7) is -0.258. The highest BCUT2D eigenvalue weighted by atomic mass is 32.1. The van der Waals surface area contributed by atoms with Crippen molar-refractivity contribution in [3.05, 3.63) is 22.4 Å². The first-order valence-corrected chi connectivity index (χ1v) is 4.71. The van der Waals surface area contributed by atoms with Gasteiger partial charge in [-0.05, 0) is 11.4 Å². The van der Waals surface area contributed by atoms with Crippen molar-refractivity contribution >= 4 is 23.4 Å². The van der Waals surface area contributed by atoms with Crippen molar-refractivity contribution in [2.45, 2.75) is 6.61 Å². The van der Waals surface area contributed by atoms with Crippen LogP contribution in [-0.2, 0) is 16.1 Å². The van der Waals surface area contributed by atoms with Gasteiger partial charge < -0.3 is 15.2 Å². The van der Waals surface area contributed by atoms with E-state index in [9.17, 15) is 9.59 Å². The molecule has 14 heavy (non-hydrogen) atoms. The third-order valence-electron chi connectivity index (χ3n) is 1.31. The number of hydrogen-bond acceptors (Lipinski definition) is 4. The third kappa shape index (κ3) is 3.90. The number of carbonyl (C=O) groups excluding carboxylic acids is 1. The molecular formula is C8H9NO4S. The van der Waals surface area contributed by atoms with E-state index in [2.05, 4.69) is 5.32 Å². The molecule has 1 aromatic heterocycles. The summed E-state index contributed by atoms with van der Waals surface area (Å²) in [5.74, 6) is -1.10. The number of carboxylic acids is 1. The van der Waals surface area contributed by atoms with Gasteiger partial charge in [-0.15, -0.1) is 11.3 Å². The first kappa shape index (κ1) is 10.5. The molecule has 0 aliphatic heterocycles. The van der Waals surface area contributed by atoms with Gasteiger partial charge in [0.15, 0.2) is 0 Å². The van der Waals surface area contributed by atoms with Gasteiger partial charge in [0.25, 0.3) is 0 Å². The Kier molecular flexibility index (Phi) is 3.93. The lowest BCUT2D eigenvalue weighted by molar-refractivity contribution is -0.135. The zero-order chi connectivity index (χ0) is 10.4. The van der Waals surface area contributed by atoms with Crippen LogP contribution in [0.25, 0.3) is 0 Å². The van der Waals surface area contributed by atoms with E-state index in [0.717, 1.165) is 4.88 Å². The number of ether oxygens (including phenoxy) is 1. The van der Waals surface area contributed by atoms with Crippen molar-refractivity contribution in [1.82, 2.24) is 5.32 Å². The van der Waals surface area contributed by atoms with Crippen molar-refractivity contribution in [3.63, 3.8) is 0 Å². The summed E-state index contributed by atoms with van der Waals surface area (Å²) < 4.78 is 4.73. The second kappa shape index (κ2) is 5.23. The summed E-state index contributed by atoms with van der Waals surface area (Å²) in [5.41, 5.74) is 0. The summed E-state index contributed by atoms with van der Waals surface area (Å²) in [5, 5.41) is 12.2. The van der Waals surface area contributed by atoms with Gasteiger partial charge in [-0.2, -0.15) is 0 Å². The highest BCUT2D eigenvalue weighted by molar-refractivity contribution is 7.09. The van der Waals surface area contributed by atoms with Crippen LogP contribution in [0.5, 0.6) is 0 Å². The molecule has 0 saturated heterocycles. The second-order valence-electron chi connectivity index (χ2n) is 2.40. The fourth-order valence-corrected chi connectivity index (χ4v) is 1.35. The molecule has 1 heterocycles. The zero-order valence-electron chi connectivity index (χ0n) is 7.23. The van der Waals surface area contributed by atoms with Crippen LogP contribution >= 0.6 is 11.3 Å². The van der Waals surface area contributed by atoms with Gasteiger partial charge in [0, 0.05) is 4.88 Å². The molecule has 0 aromatic carbocycles. The van der Waals surface area contributed by atoms with E-state index in [0.29, 0.717) is 0 Å². The quantitative estimate of drug-likeness (QED) is 0.787. The third-order valence-corrected chi connectivity index (χ3v) is 2.16. The van der Waals surface area contributed by atoms with Crippen molar-refractivity contribution in [3.8, 4) is 0 Å². The molecule has 1 amide bonds. The summed E-state index contributed by atoms with van der Waals surface area (Å²) in [6.07, 6.45) is -0.721. The summed E-state index contributed by atoms with van der Waals surface area (Å²) >= 11 is 1.47. The van der Waals surface area contributed by atoms with Crippen LogP contribution in [-0.4, -0.2) is 23.7 Å². The predicted octanol–water partition coefficient (Wildman–Crippen LogP) is 1.06. The molecule has 1 aromatic rings. The molecule has 0 fully saturated rings. The van der Waals surface area contributed by atoms with Crippen LogP contribution in [0.2, 0.25) is 0 Å². The zero-order valence-corrected chi connectivity index (χ0v) is 8.04. The highest BCUT2D eigenvalue weighted by Gasteiger charge is 2.04. The van der Waals surface area contributed by atoms with Crippen molar-refractivity contribution < 1.29 is 19.4 Å². The smallest absolute Gasteiger partial charge is 0.407 e. The first-order chi connectivity index (χ1) is 6.68. The lowest BCUT2D eigenvalue weighted by Crippen LogP contribution is -2.29. The average molecular weight is 215 g/mol. The van der Waals surface area contributed by atoms with Crippen LogP contribution in [0.1, 0.15) is 4.88 Å². The summed E-state index contributed by atoms with van der Waals surface area (Å²) in [7, 11) is 0. The first-order valence-electron chi connectivity index (χ1n) is 3.83. The maximum Gasteiger partial charge on any atom is 0.407 e. The molecule has 0 radical (unpaired) electrons. The number of rotatable bonds is 4. The maximum absolute atomic E-state index is 10.9. The van der Waals surface area contributed by atoms with Crippen LogP contribution in [0.3, 0.4) is 0 Å². The van der Waals surface area contributed by atoms with Gasteiger partial charge in [0.2, 0.25) is 0 Å². The minimum atomic E-state index is -1.10. The van der Waals surface area contributed by atoms with Crippen LogP contribution in [0.4, 0.5) is 4.79 Å². The number of alkyl carbamates (subject to hydrolysis) is 1. The number of hydrogen-bond donors (Lipinski definition) is 2. The maximum atomic E-state index is 10.9. The fourth-order valence-electron chi connectivity index (χ4n) is 0.730. The SMILES string of the molecule is O=C(O)CNC(=O)OCc1cccs1. The molecule has 0 bridgehead atoms. The highest BCUT2D eigenvalue weighted by Crippen LogP contribution is 2.09. The predicted molar refractivity (Wildman–Crippen MR) is 50.1 cm³/mol. The Bertz CT molecular complexity index is 309. The molecule has 0 aliphatic rings. The number of thiophene rings is 1. The number of carboxylic acid groups (broad SMARTS) is 1. The van der Waals surface area contributed by atoms with Gasteiger partial charge in [-0.25, -0.2) is 4.79 Å². The molecule has 0 aliphatic carbocycles. The molecule has 1 rings (SSSR count). The van der Waals surface area contributed by atoms with Crippen LogP contribution in [0.15, 0.2) is 17.5 Å². The van der Waals surface area contributed by atoms with E-state index in [4.69, 9.17) is 9.84 Å². The molecular weight excluding hydrogens is 206 g/mol. The van der Waals surface area contributed by atoms with Gasteiger partial charge in [-0.1, -0.05) is 6.07 Å². The van der Waals surface area contributed by atoms with E-state index in [1.165, 1.54) is 11.3 Å². The van der Waals surface area contributed by atoms with E-state index in [1.54, 1.807) is 0 Å². The molecule has 6 heteroatoms. The number of amides is 1. The van der Waals surface area contributed by atoms with Crippen LogP contribution < -0.4 is 5.32 Å². The van der Waals surface area contributed by atoms with E-state index in [1.807, 2.05) is 17.5 Å². The standard InChI is InChI=1S/C8H9NO4S/c10-7(11)4-9-8(12)13-5-6-2-1-3-14-6/h1-3H,4-5H2,(H,9,12)(H,10,11). The van der Waals surface area contributed by atoms with Crippen molar-refractivity contribution in [2.75, 3.05) is 6.54 Å². The Morgan fingerprint density at radius 2 is 2.36 bits per heavy atom. The Morgan fingerprint density at radius 1 is 1.57 bits per heavy atom. The molecule has 0 spiro atoms. The second-order valence-corrected chi connectivity index (χ2v) is 3.44. The minimum absolute atomic E-state index is 0.170. The van der Waals surface area contributed by atoms with Gasteiger partial charge in [0.05, 0.1) is 0 Å². The Morgan fingerprint density at radius 3 is 2.93 bits per heavy atom. The lowest BCUT2D eigenvalue weighted by Gasteiger charge is -2.02. The van der Waals surface area contributed by atoms with E-state index < -0.39 is 18.6 Å². The molecule has 76 valence electrons. The number of aliphatic carboxylic acids is 1. The van der Waals surface area contributed by atoms with Crippen LogP contribution in [0, 0.1) is 0 Å². The molecule has 5 nitrogen and oxygen atoms in total. The minimum Gasteiger partial charge on any atom is -0.480 e. The van der Waals surface area contributed by atoms with Crippen molar-refractivity contribution in [2.24, 2.45) is 0 Å². The number of nitrogens with one attached hydrogen (secondary N) is 1. The van der Waals surface area contributed by atoms with Gasteiger partial charge in [-0.3, -0.25) is 4.79 Å². The Balaban J connectivity index is 2.18. The van der Waals surface area contributed by atoms with E-state index >= 15 is 0 Å². The molecule has 0 unspecified atom stereocenters. The fraction of sp³-hybridized carbons (Fsp3) is 0.250. The average Bonchev–Trinajstić information content (AvgIpc) is 2.63. The topological polar surface area (TPSA) is 75.6 Å². The van der Waals surface area contributed by atoms with E-state index in [-0.39, 0.29) is 6.61 Å². The van der Waals surface area contributed by atoms with Gasteiger partial charge in [0.1, 0.15) is 13.2 Å². The van der Waals surface area contributed by atoms with Crippen molar-refractivity contribution in [1.29, 1.82) is 0 Å². The van der Waals surface area contributed by atoms with Gasteiger partial charge >= 0.3 is 12.1 Å². The summed E-state index contributed by atoms with van der Waals surface area (Å²) in [4.78, 5) is 21.8. The summed E-state index contributed by atoms with van der Waals surface area (Å²) in [6, 6.07) is 3.67. The molecule has 2 N–H and O–H groups in total.